The molecule has 1 aliphatic rings. The number of aryl methyl sites for hydroxylation is 2. The molecular weight excluding hydrogens is 402 g/mol. The lowest BCUT2D eigenvalue weighted by atomic mass is 9.88. The Labute approximate surface area is 188 Å². The highest BCUT2D eigenvalue weighted by Gasteiger charge is 2.26. The average molecular weight is 430 g/mol. The topological polar surface area (TPSA) is 94.9 Å². The average Bonchev–Trinajstić information content (AvgIpc) is 3.27. The molecule has 1 aromatic heterocycles. The zero-order chi connectivity index (χ0) is 22.7. The van der Waals surface area contributed by atoms with E-state index in [1.54, 1.807) is 0 Å². The first-order valence-corrected chi connectivity index (χ1v) is 11.0. The Morgan fingerprint density at radius 1 is 1.16 bits per heavy atom. The second kappa shape index (κ2) is 9.23. The molecule has 1 amide bonds. The number of rotatable bonds is 5. The van der Waals surface area contributed by atoms with Crippen LogP contribution in [0.1, 0.15) is 58.3 Å². The van der Waals surface area contributed by atoms with E-state index in [1.807, 2.05) is 62.1 Å². The van der Waals surface area contributed by atoms with Gasteiger partial charge in [0.25, 0.3) is 5.91 Å². The van der Waals surface area contributed by atoms with Crippen molar-refractivity contribution in [3.63, 3.8) is 0 Å². The Bertz CT molecular complexity index is 1150. The van der Waals surface area contributed by atoms with Gasteiger partial charge < -0.3 is 9.64 Å². The molecule has 1 saturated heterocycles. The SMILES string of the molecule is CCOc1nnc(-c2cc(C(=O)N3CCC(c4ccc(C#N)cc4)CC3)c(C)cc2C)[nH]1. The molecule has 0 radical (unpaired) electrons. The number of nitriles is 1. The fourth-order valence-electron chi connectivity index (χ4n) is 4.32. The number of nitrogens with one attached hydrogen (secondary N) is 1. The second-order valence-corrected chi connectivity index (χ2v) is 8.19. The Kier molecular flexibility index (Phi) is 6.22. The van der Waals surface area contributed by atoms with E-state index in [4.69, 9.17) is 10.00 Å². The van der Waals surface area contributed by atoms with Crippen molar-refractivity contribution in [3.8, 4) is 23.5 Å². The third kappa shape index (κ3) is 4.35. The van der Waals surface area contributed by atoms with Crippen LogP contribution in [0.4, 0.5) is 0 Å². The normalized spacial score (nSPS) is 14.2. The van der Waals surface area contributed by atoms with Crippen molar-refractivity contribution in [3.05, 3.63) is 64.2 Å². The number of hydrogen-bond acceptors (Lipinski definition) is 5. The van der Waals surface area contributed by atoms with Crippen LogP contribution in [0.5, 0.6) is 6.01 Å². The maximum Gasteiger partial charge on any atom is 0.314 e. The minimum absolute atomic E-state index is 0.0478. The lowest BCUT2D eigenvalue weighted by molar-refractivity contribution is 0.0712. The minimum atomic E-state index is 0.0478. The highest BCUT2D eigenvalue weighted by Crippen LogP contribution is 2.30. The molecule has 7 nitrogen and oxygen atoms in total. The monoisotopic (exact) mass is 429 g/mol. The lowest BCUT2D eigenvalue weighted by Gasteiger charge is -2.32. The van der Waals surface area contributed by atoms with Crippen LogP contribution in [0.2, 0.25) is 0 Å². The molecule has 1 fully saturated rings. The van der Waals surface area contributed by atoms with Gasteiger partial charge >= 0.3 is 6.01 Å². The molecule has 1 N–H and O–H groups in total. The number of nitrogens with zero attached hydrogens (tertiary/aromatic N) is 4. The van der Waals surface area contributed by atoms with Gasteiger partial charge in [-0.3, -0.25) is 9.78 Å². The van der Waals surface area contributed by atoms with Gasteiger partial charge in [-0.15, -0.1) is 5.10 Å². The lowest BCUT2D eigenvalue weighted by Crippen LogP contribution is -2.38. The van der Waals surface area contributed by atoms with Crippen molar-refractivity contribution >= 4 is 5.91 Å². The summed E-state index contributed by atoms with van der Waals surface area (Å²) in [6, 6.07) is 14.3. The fraction of sp³-hybridized carbons (Fsp3) is 0.360. The van der Waals surface area contributed by atoms with Gasteiger partial charge in [-0.25, -0.2) is 0 Å². The van der Waals surface area contributed by atoms with E-state index >= 15 is 0 Å². The van der Waals surface area contributed by atoms with Crippen LogP contribution in [0.15, 0.2) is 36.4 Å². The van der Waals surface area contributed by atoms with Gasteiger partial charge in [0, 0.05) is 24.2 Å². The highest BCUT2D eigenvalue weighted by atomic mass is 16.5. The molecule has 164 valence electrons. The van der Waals surface area contributed by atoms with Gasteiger partial charge in [0.15, 0.2) is 5.82 Å². The smallest absolute Gasteiger partial charge is 0.314 e. The summed E-state index contributed by atoms with van der Waals surface area (Å²) < 4.78 is 5.38. The number of benzene rings is 2. The summed E-state index contributed by atoms with van der Waals surface area (Å²) in [4.78, 5) is 18.4. The molecular formula is C25H27N5O2. The van der Waals surface area contributed by atoms with Crippen LogP contribution in [-0.4, -0.2) is 45.7 Å². The number of aromatic nitrogens is 3. The number of H-pyrrole nitrogens is 1. The molecule has 0 aliphatic carbocycles. The maximum atomic E-state index is 13.4. The standard InChI is InChI=1S/C25H27N5O2/c1-4-32-25-27-23(28-29-25)21-14-22(17(3)13-16(21)2)24(31)30-11-9-20(10-12-30)19-7-5-18(15-26)6-8-19/h5-8,13-14,20H,4,9-12H2,1-3H3,(H,27,28,29). The highest BCUT2D eigenvalue weighted by molar-refractivity contribution is 5.97. The molecule has 1 aliphatic heterocycles. The van der Waals surface area contributed by atoms with E-state index in [1.165, 1.54) is 5.56 Å². The predicted molar refractivity (Wildman–Crippen MR) is 121 cm³/mol. The third-order valence-corrected chi connectivity index (χ3v) is 6.10. The summed E-state index contributed by atoms with van der Waals surface area (Å²) in [7, 11) is 0. The largest absolute Gasteiger partial charge is 0.464 e. The van der Waals surface area contributed by atoms with Crippen LogP contribution in [0.3, 0.4) is 0 Å². The van der Waals surface area contributed by atoms with Gasteiger partial charge in [0.05, 0.1) is 18.2 Å². The van der Waals surface area contributed by atoms with E-state index in [0.29, 0.717) is 48.6 Å². The van der Waals surface area contributed by atoms with E-state index in [0.717, 1.165) is 29.5 Å². The summed E-state index contributed by atoms with van der Waals surface area (Å²) in [5, 5.41) is 17.2. The summed E-state index contributed by atoms with van der Waals surface area (Å²) in [6.07, 6.45) is 1.82. The number of aromatic amines is 1. The molecule has 32 heavy (non-hydrogen) atoms. The van der Waals surface area contributed by atoms with Gasteiger partial charge in [-0.2, -0.15) is 5.26 Å². The number of piperidine rings is 1. The summed E-state index contributed by atoms with van der Waals surface area (Å²) >= 11 is 0. The number of amides is 1. The quantitative estimate of drug-likeness (QED) is 0.649. The van der Waals surface area contributed by atoms with E-state index in [2.05, 4.69) is 21.3 Å². The van der Waals surface area contributed by atoms with E-state index < -0.39 is 0 Å². The first-order valence-electron chi connectivity index (χ1n) is 11.0. The Morgan fingerprint density at radius 3 is 2.53 bits per heavy atom. The number of likely N-dealkylation sites (tertiary alicyclic amines) is 1. The molecule has 0 saturated carbocycles. The van der Waals surface area contributed by atoms with Crippen LogP contribution in [0, 0.1) is 25.2 Å². The molecule has 2 heterocycles. The molecule has 0 spiro atoms. The van der Waals surface area contributed by atoms with Crippen molar-refractivity contribution in [2.45, 2.75) is 39.5 Å². The van der Waals surface area contributed by atoms with Crippen LogP contribution in [-0.2, 0) is 0 Å². The molecule has 0 bridgehead atoms. The van der Waals surface area contributed by atoms with Gasteiger partial charge in [0.2, 0.25) is 0 Å². The van der Waals surface area contributed by atoms with Crippen molar-refractivity contribution < 1.29 is 9.53 Å². The summed E-state index contributed by atoms with van der Waals surface area (Å²) in [6.45, 7) is 7.79. The van der Waals surface area contributed by atoms with Crippen molar-refractivity contribution in [2.75, 3.05) is 19.7 Å². The molecule has 0 atom stereocenters. The molecule has 0 unspecified atom stereocenters. The maximum absolute atomic E-state index is 13.4. The Balaban J connectivity index is 1.50. The number of ether oxygens (including phenoxy) is 1. The third-order valence-electron chi connectivity index (χ3n) is 6.10. The molecule has 7 heteroatoms. The zero-order valence-electron chi connectivity index (χ0n) is 18.7. The van der Waals surface area contributed by atoms with Crippen LogP contribution in [0.25, 0.3) is 11.4 Å². The van der Waals surface area contributed by atoms with Gasteiger partial charge in [-0.1, -0.05) is 23.3 Å². The zero-order valence-corrected chi connectivity index (χ0v) is 18.7. The first kappa shape index (κ1) is 21.6. The first-order chi connectivity index (χ1) is 15.5. The van der Waals surface area contributed by atoms with Crippen molar-refractivity contribution in [1.29, 1.82) is 5.26 Å². The van der Waals surface area contributed by atoms with E-state index in [9.17, 15) is 4.79 Å². The summed E-state index contributed by atoms with van der Waals surface area (Å²) in [5.74, 6) is 1.05. The number of hydrogen-bond donors (Lipinski definition) is 1. The van der Waals surface area contributed by atoms with Crippen LogP contribution >= 0.6 is 0 Å². The van der Waals surface area contributed by atoms with Crippen molar-refractivity contribution in [2.24, 2.45) is 0 Å². The summed E-state index contributed by atoms with van der Waals surface area (Å²) in [5.41, 5.74) is 5.43. The van der Waals surface area contributed by atoms with Crippen LogP contribution < -0.4 is 4.74 Å². The predicted octanol–water partition coefficient (Wildman–Crippen LogP) is 4.38. The second-order valence-electron chi connectivity index (χ2n) is 8.19. The van der Waals surface area contributed by atoms with Gasteiger partial charge in [-0.05, 0) is 74.4 Å². The molecule has 3 aromatic rings. The van der Waals surface area contributed by atoms with Gasteiger partial charge in [0.1, 0.15) is 0 Å². The molecule has 2 aromatic carbocycles. The Hall–Kier alpha value is -3.66. The van der Waals surface area contributed by atoms with Crippen molar-refractivity contribution in [1.82, 2.24) is 20.1 Å². The number of carbonyl (C=O) groups excluding carboxylic acids is 1. The Morgan fingerprint density at radius 2 is 1.88 bits per heavy atom. The minimum Gasteiger partial charge on any atom is -0.464 e. The fourth-order valence-corrected chi connectivity index (χ4v) is 4.32. The van der Waals surface area contributed by atoms with E-state index in [-0.39, 0.29) is 5.91 Å². The number of carbonyl (C=O) groups is 1. The molecule has 4 rings (SSSR count).